The van der Waals surface area contributed by atoms with Gasteiger partial charge in [0.25, 0.3) is 0 Å². The van der Waals surface area contributed by atoms with Gasteiger partial charge in [0, 0.05) is 29.1 Å². The predicted molar refractivity (Wildman–Crippen MR) is 139 cm³/mol. The Morgan fingerprint density at radius 1 is 0.861 bits per heavy atom. The number of pyridine rings is 1. The van der Waals surface area contributed by atoms with Crippen LogP contribution in [0.1, 0.15) is 15.9 Å². The lowest BCUT2D eigenvalue weighted by Gasteiger charge is -2.12. The number of carboxylic acids is 1. The molecule has 0 fully saturated rings. The molecule has 2 N–H and O–H groups in total. The lowest BCUT2D eigenvalue weighted by atomic mass is 10.0. The Morgan fingerprint density at radius 2 is 1.72 bits per heavy atom. The summed E-state index contributed by atoms with van der Waals surface area (Å²) < 4.78 is 5.57. The van der Waals surface area contributed by atoms with Crippen molar-refractivity contribution >= 4 is 33.6 Å². The normalized spacial score (nSPS) is 11.1. The highest BCUT2D eigenvalue weighted by atomic mass is 16.4. The molecule has 0 saturated heterocycles. The number of aromatic nitrogens is 3. The summed E-state index contributed by atoms with van der Waals surface area (Å²) in [5.41, 5.74) is 4.91. The minimum atomic E-state index is -0.947. The molecular formula is C29H20N4O3. The van der Waals surface area contributed by atoms with E-state index >= 15 is 0 Å². The Morgan fingerprint density at radius 3 is 2.53 bits per heavy atom. The van der Waals surface area contributed by atoms with E-state index in [0.29, 0.717) is 23.9 Å². The summed E-state index contributed by atoms with van der Waals surface area (Å²) in [4.78, 5) is 25.2. The maximum absolute atomic E-state index is 11.1. The van der Waals surface area contributed by atoms with Gasteiger partial charge in [-0.15, -0.1) is 0 Å². The van der Waals surface area contributed by atoms with Crippen LogP contribution in [-0.4, -0.2) is 26.0 Å². The Labute approximate surface area is 206 Å². The number of benzene rings is 3. The van der Waals surface area contributed by atoms with Crippen molar-refractivity contribution in [1.82, 2.24) is 15.0 Å². The number of carboxylic acid groups (broad SMARTS) is 1. The fourth-order valence-electron chi connectivity index (χ4n) is 4.14. The van der Waals surface area contributed by atoms with E-state index < -0.39 is 5.97 Å². The van der Waals surface area contributed by atoms with E-state index in [1.54, 1.807) is 36.6 Å². The van der Waals surface area contributed by atoms with Crippen molar-refractivity contribution in [3.05, 3.63) is 109 Å². The van der Waals surface area contributed by atoms with Gasteiger partial charge in [-0.05, 0) is 59.7 Å². The number of hydrogen-bond acceptors (Lipinski definition) is 6. The fraction of sp³-hybridized carbons (Fsp3) is 0.0345. The zero-order valence-corrected chi connectivity index (χ0v) is 19.1. The number of anilines is 1. The average molecular weight is 473 g/mol. The third-order valence-electron chi connectivity index (χ3n) is 6.02. The molecule has 7 heteroatoms. The van der Waals surface area contributed by atoms with Crippen molar-refractivity contribution in [2.45, 2.75) is 6.54 Å². The van der Waals surface area contributed by atoms with Crippen molar-refractivity contribution < 1.29 is 14.3 Å². The summed E-state index contributed by atoms with van der Waals surface area (Å²) in [5, 5.41) is 14.5. The van der Waals surface area contributed by atoms with Crippen LogP contribution in [0.2, 0.25) is 0 Å². The highest BCUT2D eigenvalue weighted by Crippen LogP contribution is 2.30. The Balaban J connectivity index is 1.39. The Kier molecular flexibility index (Phi) is 5.35. The lowest BCUT2D eigenvalue weighted by Crippen LogP contribution is -2.05. The number of nitrogens with zero attached hydrogens (tertiary/aromatic N) is 3. The minimum Gasteiger partial charge on any atom is -0.478 e. The molecule has 0 radical (unpaired) electrons. The smallest absolute Gasteiger partial charge is 0.335 e. The summed E-state index contributed by atoms with van der Waals surface area (Å²) in [6.07, 6.45) is 3.47. The van der Waals surface area contributed by atoms with Gasteiger partial charge in [-0.25, -0.2) is 14.8 Å². The molecule has 0 bridgehead atoms. The number of hydrogen-bond donors (Lipinski definition) is 2. The quantitative estimate of drug-likeness (QED) is 0.289. The maximum Gasteiger partial charge on any atom is 0.335 e. The number of carbonyl (C=O) groups is 1. The molecule has 0 atom stereocenters. The molecule has 0 unspecified atom stereocenters. The van der Waals surface area contributed by atoms with Crippen molar-refractivity contribution in [1.29, 1.82) is 0 Å². The Hall–Kier alpha value is -5.04. The molecule has 6 rings (SSSR count). The van der Waals surface area contributed by atoms with Crippen LogP contribution in [-0.2, 0) is 6.54 Å². The van der Waals surface area contributed by atoms with E-state index in [-0.39, 0.29) is 5.56 Å². The first-order chi connectivity index (χ1) is 17.6. The van der Waals surface area contributed by atoms with Crippen LogP contribution in [0.5, 0.6) is 0 Å². The fourth-order valence-corrected chi connectivity index (χ4v) is 4.14. The Bertz CT molecular complexity index is 1710. The van der Waals surface area contributed by atoms with E-state index in [9.17, 15) is 4.79 Å². The molecule has 0 spiro atoms. The van der Waals surface area contributed by atoms with E-state index in [1.165, 1.54) is 0 Å². The van der Waals surface area contributed by atoms with Crippen LogP contribution >= 0.6 is 0 Å². The highest BCUT2D eigenvalue weighted by Gasteiger charge is 2.13. The van der Waals surface area contributed by atoms with Gasteiger partial charge in [0.15, 0.2) is 11.6 Å². The molecule has 0 aliphatic carbocycles. The van der Waals surface area contributed by atoms with Gasteiger partial charge in [-0.1, -0.05) is 36.4 Å². The van der Waals surface area contributed by atoms with Crippen molar-refractivity contribution in [3.8, 4) is 22.7 Å². The molecule has 36 heavy (non-hydrogen) atoms. The molecule has 0 aliphatic heterocycles. The van der Waals surface area contributed by atoms with Gasteiger partial charge in [0.2, 0.25) is 0 Å². The molecule has 3 aromatic carbocycles. The first-order valence-corrected chi connectivity index (χ1v) is 11.4. The largest absolute Gasteiger partial charge is 0.478 e. The second-order valence-electron chi connectivity index (χ2n) is 8.38. The molecule has 3 heterocycles. The van der Waals surface area contributed by atoms with Crippen molar-refractivity contribution in [2.24, 2.45) is 0 Å². The molecule has 3 aromatic heterocycles. The zero-order valence-electron chi connectivity index (χ0n) is 19.1. The minimum absolute atomic E-state index is 0.252. The molecular weight excluding hydrogens is 452 g/mol. The topological polar surface area (TPSA) is 101 Å². The zero-order chi connectivity index (χ0) is 24.5. The van der Waals surface area contributed by atoms with Crippen LogP contribution in [0.15, 0.2) is 102 Å². The third-order valence-corrected chi connectivity index (χ3v) is 6.02. The van der Waals surface area contributed by atoms with Gasteiger partial charge in [-0.2, -0.15) is 0 Å². The molecule has 174 valence electrons. The number of fused-ring (bicyclic) bond motifs is 2. The molecule has 0 saturated carbocycles. The van der Waals surface area contributed by atoms with E-state index in [2.05, 4.69) is 22.4 Å². The van der Waals surface area contributed by atoms with E-state index in [1.807, 2.05) is 48.7 Å². The standard InChI is InChI=1S/C29H20N4O3/c34-29(35)19-9-7-18(8-10-19)16-31-27-23-12-11-20(22-14-21-4-1-2-5-24(21)30-17-22)15-25(23)32-28(33-27)26-6-3-13-36-26/h1-15,17H,16H2,(H,34,35)(H,31,32,33). The van der Waals surface area contributed by atoms with E-state index in [4.69, 9.17) is 19.5 Å². The van der Waals surface area contributed by atoms with Crippen molar-refractivity contribution in [3.63, 3.8) is 0 Å². The molecule has 6 aromatic rings. The van der Waals surface area contributed by atoms with Crippen LogP contribution in [0, 0.1) is 0 Å². The third kappa shape index (κ3) is 4.14. The van der Waals surface area contributed by atoms with Crippen LogP contribution in [0.25, 0.3) is 44.5 Å². The van der Waals surface area contributed by atoms with Crippen molar-refractivity contribution in [2.75, 3.05) is 5.32 Å². The SMILES string of the molecule is O=C(O)c1ccc(CNc2nc(-c3ccco3)nc3cc(-c4cnc5ccccc5c4)ccc23)cc1. The average Bonchev–Trinajstić information content (AvgIpc) is 3.46. The summed E-state index contributed by atoms with van der Waals surface area (Å²) >= 11 is 0. The summed E-state index contributed by atoms with van der Waals surface area (Å²) in [6.45, 7) is 0.472. The van der Waals surface area contributed by atoms with Gasteiger partial charge >= 0.3 is 5.97 Å². The highest BCUT2D eigenvalue weighted by molar-refractivity contribution is 5.94. The van der Waals surface area contributed by atoms with Crippen LogP contribution in [0.3, 0.4) is 0 Å². The summed E-state index contributed by atoms with van der Waals surface area (Å²) in [7, 11) is 0. The second-order valence-corrected chi connectivity index (χ2v) is 8.38. The molecule has 0 amide bonds. The van der Waals surface area contributed by atoms with Crippen LogP contribution < -0.4 is 5.32 Å². The van der Waals surface area contributed by atoms with Gasteiger partial charge in [0.1, 0.15) is 5.82 Å². The van der Waals surface area contributed by atoms with Gasteiger partial charge < -0.3 is 14.8 Å². The summed E-state index contributed by atoms with van der Waals surface area (Å²) in [5.74, 6) is 0.766. The number of furan rings is 1. The van der Waals surface area contributed by atoms with Crippen LogP contribution in [0.4, 0.5) is 5.82 Å². The second kappa shape index (κ2) is 8.96. The predicted octanol–water partition coefficient (Wildman–Crippen LogP) is 6.42. The number of para-hydroxylation sites is 1. The molecule has 0 aliphatic rings. The lowest BCUT2D eigenvalue weighted by molar-refractivity contribution is 0.0697. The van der Waals surface area contributed by atoms with Gasteiger partial charge in [0.05, 0.1) is 22.9 Å². The first-order valence-electron chi connectivity index (χ1n) is 11.4. The van der Waals surface area contributed by atoms with E-state index in [0.717, 1.165) is 38.5 Å². The number of rotatable bonds is 6. The van der Waals surface area contributed by atoms with Gasteiger partial charge in [-0.3, -0.25) is 4.98 Å². The maximum atomic E-state index is 11.1. The molecule has 7 nitrogen and oxygen atoms in total. The number of aromatic carboxylic acids is 1. The number of nitrogens with one attached hydrogen (secondary N) is 1. The first kappa shape index (κ1) is 21.5. The monoisotopic (exact) mass is 472 g/mol. The summed E-state index contributed by atoms with van der Waals surface area (Å²) in [6, 6.07) is 26.6.